The Labute approximate surface area is 98.9 Å². The normalized spacial score (nSPS) is 10.6. The molecule has 0 aromatic carbocycles. The molecule has 0 saturated heterocycles. The van der Waals surface area contributed by atoms with Crippen LogP contribution in [0.4, 0.5) is 14.5 Å². The van der Waals surface area contributed by atoms with Crippen molar-refractivity contribution in [2.75, 3.05) is 12.8 Å². The lowest BCUT2D eigenvalue weighted by molar-refractivity contribution is -0.139. The lowest BCUT2D eigenvalue weighted by Gasteiger charge is -2.10. The largest absolute Gasteiger partial charge is 0.469 e. The van der Waals surface area contributed by atoms with E-state index in [2.05, 4.69) is 25.7 Å². The van der Waals surface area contributed by atoms with Crippen LogP contribution in [0.1, 0.15) is 17.7 Å². The summed E-state index contributed by atoms with van der Waals surface area (Å²) in [5.74, 6) is -0.633. The van der Waals surface area contributed by atoms with Crippen LogP contribution in [0.2, 0.25) is 0 Å². The fourth-order valence-electron chi connectivity index (χ4n) is 1.13. The zero-order valence-electron chi connectivity index (χ0n) is 8.34. The molecule has 0 atom stereocenters. The molecule has 0 spiro atoms. The number of esters is 1. The highest BCUT2D eigenvalue weighted by molar-refractivity contribution is 9.10. The van der Waals surface area contributed by atoms with E-state index < -0.39 is 12.4 Å². The number of methoxy groups -OCH3 is 1. The zero-order valence-corrected chi connectivity index (χ0v) is 9.92. The zero-order chi connectivity index (χ0) is 12.3. The van der Waals surface area contributed by atoms with E-state index in [9.17, 15) is 13.6 Å². The van der Waals surface area contributed by atoms with Crippen LogP contribution in [0.3, 0.4) is 0 Å². The molecule has 0 saturated carbocycles. The number of nitrogens with zero attached hydrogens (tertiary/aromatic N) is 1. The van der Waals surface area contributed by atoms with Crippen LogP contribution in [0.15, 0.2) is 10.7 Å². The summed E-state index contributed by atoms with van der Waals surface area (Å²) < 4.78 is 29.9. The first-order valence-corrected chi connectivity index (χ1v) is 5.04. The third-order valence-electron chi connectivity index (χ3n) is 1.92. The molecule has 0 unspecified atom stereocenters. The Morgan fingerprint density at radius 3 is 2.81 bits per heavy atom. The van der Waals surface area contributed by atoms with Gasteiger partial charge >= 0.3 is 5.97 Å². The lowest BCUT2D eigenvalue weighted by atomic mass is 10.1. The van der Waals surface area contributed by atoms with Gasteiger partial charge in [0.15, 0.2) is 0 Å². The average Bonchev–Trinajstić information content (AvgIpc) is 2.23. The number of halogens is 3. The van der Waals surface area contributed by atoms with Crippen molar-refractivity contribution >= 4 is 27.6 Å². The topological polar surface area (TPSA) is 65.2 Å². The third-order valence-corrected chi connectivity index (χ3v) is 2.80. The molecule has 16 heavy (non-hydrogen) atoms. The first-order valence-electron chi connectivity index (χ1n) is 4.25. The van der Waals surface area contributed by atoms with E-state index in [0.29, 0.717) is 0 Å². The fraction of sp³-hybridized carbons (Fsp3) is 0.333. The van der Waals surface area contributed by atoms with E-state index in [1.807, 2.05) is 0 Å². The number of aromatic nitrogens is 1. The van der Waals surface area contributed by atoms with Crippen molar-refractivity contribution in [2.24, 2.45) is 0 Å². The maximum absolute atomic E-state index is 12.7. The van der Waals surface area contributed by atoms with Gasteiger partial charge in [0, 0.05) is 0 Å². The van der Waals surface area contributed by atoms with E-state index in [1.165, 1.54) is 13.3 Å². The minimum Gasteiger partial charge on any atom is -0.469 e. The molecule has 4 nitrogen and oxygen atoms in total. The molecule has 7 heteroatoms. The molecule has 1 aromatic heterocycles. The van der Waals surface area contributed by atoms with Gasteiger partial charge < -0.3 is 10.5 Å². The van der Waals surface area contributed by atoms with Crippen molar-refractivity contribution in [3.8, 4) is 0 Å². The van der Waals surface area contributed by atoms with Gasteiger partial charge in [-0.05, 0) is 15.9 Å². The van der Waals surface area contributed by atoms with E-state index in [4.69, 9.17) is 5.73 Å². The summed E-state index contributed by atoms with van der Waals surface area (Å²) in [5, 5.41) is 0. The molecule has 0 radical (unpaired) electrons. The quantitative estimate of drug-likeness (QED) is 0.867. The number of pyridine rings is 1. The van der Waals surface area contributed by atoms with Gasteiger partial charge in [0.1, 0.15) is 0 Å². The van der Waals surface area contributed by atoms with Gasteiger partial charge in [-0.25, -0.2) is 8.78 Å². The maximum atomic E-state index is 12.7. The standard InChI is InChI=1S/C9H9BrF2N2O2/c1-16-6(15)2-5-7(9(11)12)8(10)4(13)3-14-5/h3,9H,2,13H2,1H3. The number of carbonyl (C=O) groups excluding carboxylic acids is 1. The van der Waals surface area contributed by atoms with Crippen LogP contribution in [0.5, 0.6) is 0 Å². The highest BCUT2D eigenvalue weighted by Crippen LogP contribution is 2.33. The Morgan fingerprint density at radius 2 is 2.31 bits per heavy atom. The summed E-state index contributed by atoms with van der Waals surface area (Å²) in [5.41, 5.74) is 5.12. The number of alkyl halides is 2. The van der Waals surface area contributed by atoms with Gasteiger partial charge in [0.05, 0.1) is 41.1 Å². The van der Waals surface area contributed by atoms with Crippen LogP contribution in [-0.2, 0) is 16.0 Å². The molecule has 1 heterocycles. The highest BCUT2D eigenvalue weighted by Gasteiger charge is 2.21. The third kappa shape index (κ3) is 2.66. The molecule has 1 rings (SSSR count). The van der Waals surface area contributed by atoms with Gasteiger partial charge in [-0.3, -0.25) is 9.78 Å². The number of hydrogen-bond acceptors (Lipinski definition) is 4. The van der Waals surface area contributed by atoms with E-state index in [1.54, 1.807) is 0 Å². The Balaban J connectivity index is 3.18. The predicted molar refractivity (Wildman–Crippen MR) is 57.0 cm³/mol. The number of carbonyl (C=O) groups is 1. The smallest absolute Gasteiger partial charge is 0.311 e. The second-order valence-electron chi connectivity index (χ2n) is 2.94. The van der Waals surface area contributed by atoms with Gasteiger partial charge in [-0.2, -0.15) is 0 Å². The first-order chi connectivity index (χ1) is 7.47. The molecular weight excluding hydrogens is 286 g/mol. The van der Waals surface area contributed by atoms with Crippen LogP contribution < -0.4 is 5.73 Å². The van der Waals surface area contributed by atoms with Crippen LogP contribution >= 0.6 is 15.9 Å². The molecule has 88 valence electrons. The molecule has 0 bridgehead atoms. The summed E-state index contributed by atoms with van der Waals surface area (Å²) in [6.45, 7) is 0. The number of nitrogens with two attached hydrogens (primary N) is 1. The van der Waals surface area contributed by atoms with Crippen molar-refractivity contribution < 1.29 is 18.3 Å². The molecule has 0 aliphatic heterocycles. The summed E-state index contributed by atoms with van der Waals surface area (Å²) in [6, 6.07) is 0. The van der Waals surface area contributed by atoms with Crippen LogP contribution in [0, 0.1) is 0 Å². The number of anilines is 1. The summed E-state index contributed by atoms with van der Waals surface area (Å²) in [7, 11) is 1.18. The number of rotatable bonds is 3. The fourth-order valence-corrected chi connectivity index (χ4v) is 1.63. The van der Waals surface area contributed by atoms with Crippen molar-refractivity contribution in [3.05, 3.63) is 21.9 Å². The van der Waals surface area contributed by atoms with Crippen LogP contribution in [0.25, 0.3) is 0 Å². The van der Waals surface area contributed by atoms with Crippen molar-refractivity contribution in [2.45, 2.75) is 12.8 Å². The van der Waals surface area contributed by atoms with Gasteiger partial charge in [0.25, 0.3) is 6.43 Å². The van der Waals surface area contributed by atoms with Crippen molar-refractivity contribution in [3.63, 3.8) is 0 Å². The average molecular weight is 295 g/mol. The minimum atomic E-state index is -2.76. The summed E-state index contributed by atoms with van der Waals surface area (Å²) >= 11 is 2.95. The van der Waals surface area contributed by atoms with E-state index >= 15 is 0 Å². The number of hydrogen-bond donors (Lipinski definition) is 1. The second kappa shape index (κ2) is 5.20. The van der Waals surface area contributed by atoms with Crippen LogP contribution in [-0.4, -0.2) is 18.1 Å². The molecule has 0 aliphatic carbocycles. The van der Waals surface area contributed by atoms with Gasteiger partial charge in [0.2, 0.25) is 0 Å². The van der Waals surface area contributed by atoms with Crippen molar-refractivity contribution in [1.29, 1.82) is 0 Å². The molecule has 0 aliphatic rings. The molecule has 2 N–H and O–H groups in total. The number of ether oxygens (including phenoxy) is 1. The van der Waals surface area contributed by atoms with Crippen molar-refractivity contribution in [1.82, 2.24) is 4.98 Å². The molecular formula is C9H9BrF2N2O2. The second-order valence-corrected chi connectivity index (χ2v) is 3.73. The summed E-state index contributed by atoms with van der Waals surface area (Å²) in [4.78, 5) is 14.7. The van der Waals surface area contributed by atoms with Gasteiger partial charge in [-0.15, -0.1) is 0 Å². The minimum absolute atomic E-state index is 0.0390. The van der Waals surface area contributed by atoms with E-state index in [0.717, 1.165) is 0 Å². The predicted octanol–water partition coefficient (Wildman–Crippen LogP) is 2.08. The summed E-state index contributed by atoms with van der Waals surface area (Å²) in [6.07, 6.45) is -1.85. The molecule has 0 amide bonds. The van der Waals surface area contributed by atoms with E-state index in [-0.39, 0.29) is 27.8 Å². The van der Waals surface area contributed by atoms with Gasteiger partial charge in [-0.1, -0.05) is 0 Å². The Hall–Kier alpha value is -1.24. The monoisotopic (exact) mass is 294 g/mol. The Bertz CT molecular complexity index is 413. The molecule has 1 aromatic rings. The highest BCUT2D eigenvalue weighted by atomic mass is 79.9. The SMILES string of the molecule is COC(=O)Cc1ncc(N)c(Br)c1C(F)F. The first kappa shape index (κ1) is 12.8. The lowest BCUT2D eigenvalue weighted by Crippen LogP contribution is -2.10. The number of nitrogen functional groups attached to an aromatic ring is 1. The maximum Gasteiger partial charge on any atom is 0.311 e. The Morgan fingerprint density at radius 1 is 1.69 bits per heavy atom. The Kier molecular flexibility index (Phi) is 4.17. The molecule has 0 fully saturated rings.